The zero-order valence-electron chi connectivity index (χ0n) is 11.2. The quantitative estimate of drug-likeness (QED) is 0.517. The first-order valence-electron chi connectivity index (χ1n) is 6.11. The Morgan fingerprint density at radius 3 is 2.48 bits per heavy atom. The van der Waals surface area contributed by atoms with Crippen molar-refractivity contribution in [2.75, 3.05) is 11.9 Å². The lowest BCUT2D eigenvalue weighted by molar-refractivity contribution is -0.385. The lowest BCUT2D eigenvalue weighted by Crippen LogP contribution is -2.40. The predicted molar refractivity (Wildman–Crippen MR) is 73.8 cm³/mol. The summed E-state index contributed by atoms with van der Waals surface area (Å²) < 4.78 is 3.35. The van der Waals surface area contributed by atoms with E-state index < -0.39 is 27.3 Å². The van der Waals surface area contributed by atoms with E-state index in [-0.39, 0.29) is 16.9 Å². The monoisotopic (exact) mass is 293 g/mol. The summed E-state index contributed by atoms with van der Waals surface area (Å²) in [5.74, 6) is 0.0285. The van der Waals surface area contributed by atoms with Gasteiger partial charge in [-0.05, 0) is 0 Å². The summed E-state index contributed by atoms with van der Waals surface area (Å²) in [6.45, 7) is 0.705. The second kappa shape index (κ2) is 4.04. The average Bonchev–Trinajstić information content (AvgIpc) is 2.89. The van der Waals surface area contributed by atoms with E-state index in [1.807, 2.05) is 0 Å². The number of hydrogen-bond acceptors (Lipinski definition) is 6. The Hall–Kier alpha value is -2.91. The summed E-state index contributed by atoms with van der Waals surface area (Å²) in [4.78, 5) is 46.9. The zero-order chi connectivity index (χ0) is 15.5. The number of pyridine rings is 1. The van der Waals surface area contributed by atoms with Crippen molar-refractivity contribution in [2.45, 2.75) is 6.54 Å². The van der Waals surface area contributed by atoms with E-state index in [0.717, 1.165) is 9.13 Å². The molecular formula is C11H11N5O5. The molecule has 0 radical (unpaired) electrons. The number of nitrogens with zero attached hydrogens (tertiary/aromatic N) is 4. The second-order valence-corrected chi connectivity index (χ2v) is 4.77. The number of nitro groups is 1. The van der Waals surface area contributed by atoms with Gasteiger partial charge < -0.3 is 9.88 Å². The smallest absolute Gasteiger partial charge is 0.357 e. The van der Waals surface area contributed by atoms with Gasteiger partial charge in [0.25, 0.3) is 11.0 Å². The summed E-state index contributed by atoms with van der Waals surface area (Å²) >= 11 is 0. The standard InChI is InChI=1S/C11H11N5O5/c1-13-9-5(10(18)14(2)11(13)19)7(17)6(16(20)21)8-12-3-4-15(8)9/h12H,3-4H2,1-2H3. The molecule has 0 fully saturated rings. The highest BCUT2D eigenvalue weighted by molar-refractivity contribution is 5.82. The van der Waals surface area contributed by atoms with Gasteiger partial charge >= 0.3 is 11.4 Å². The molecule has 0 aliphatic carbocycles. The van der Waals surface area contributed by atoms with Crippen LogP contribution in [0.2, 0.25) is 0 Å². The Kier molecular flexibility index (Phi) is 2.52. The van der Waals surface area contributed by atoms with Crippen LogP contribution in [0.25, 0.3) is 11.0 Å². The Labute approximate surface area is 116 Å². The van der Waals surface area contributed by atoms with Crippen LogP contribution in [0.5, 0.6) is 0 Å². The Bertz CT molecular complexity index is 980. The van der Waals surface area contributed by atoms with Crippen molar-refractivity contribution in [3.8, 4) is 0 Å². The molecule has 1 aliphatic rings. The van der Waals surface area contributed by atoms with E-state index in [9.17, 15) is 24.5 Å². The molecule has 10 nitrogen and oxygen atoms in total. The van der Waals surface area contributed by atoms with Gasteiger partial charge in [-0.15, -0.1) is 0 Å². The second-order valence-electron chi connectivity index (χ2n) is 4.77. The third-order valence-corrected chi connectivity index (χ3v) is 3.64. The highest BCUT2D eigenvalue weighted by atomic mass is 16.6. The van der Waals surface area contributed by atoms with Gasteiger partial charge in [0.05, 0.1) is 4.92 Å². The maximum absolute atomic E-state index is 12.3. The highest BCUT2D eigenvalue weighted by Gasteiger charge is 2.31. The highest BCUT2D eigenvalue weighted by Crippen LogP contribution is 2.27. The van der Waals surface area contributed by atoms with E-state index in [2.05, 4.69) is 5.32 Å². The van der Waals surface area contributed by atoms with Crippen molar-refractivity contribution in [1.82, 2.24) is 13.7 Å². The fourth-order valence-electron chi connectivity index (χ4n) is 2.66. The molecule has 2 aromatic rings. The first kappa shape index (κ1) is 13.1. The number of anilines is 1. The Morgan fingerprint density at radius 1 is 1.19 bits per heavy atom. The maximum Gasteiger partial charge on any atom is 0.357 e. The van der Waals surface area contributed by atoms with E-state index in [1.54, 1.807) is 0 Å². The van der Waals surface area contributed by atoms with Crippen LogP contribution in [0.3, 0.4) is 0 Å². The van der Waals surface area contributed by atoms with Gasteiger partial charge in [-0.3, -0.25) is 28.8 Å². The van der Waals surface area contributed by atoms with E-state index >= 15 is 0 Å². The lowest BCUT2D eigenvalue weighted by Gasteiger charge is -2.12. The molecule has 0 spiro atoms. The number of hydrogen-bond donors (Lipinski definition) is 1. The molecule has 3 rings (SSSR count). The van der Waals surface area contributed by atoms with Gasteiger partial charge in [-0.2, -0.15) is 0 Å². The lowest BCUT2D eigenvalue weighted by atomic mass is 10.2. The van der Waals surface area contributed by atoms with Gasteiger partial charge in [0.15, 0.2) is 5.82 Å². The normalized spacial score (nSPS) is 13.2. The van der Waals surface area contributed by atoms with Crippen LogP contribution in [0.15, 0.2) is 14.4 Å². The van der Waals surface area contributed by atoms with Crippen molar-refractivity contribution >= 4 is 22.5 Å². The number of aromatic nitrogens is 3. The third-order valence-electron chi connectivity index (χ3n) is 3.64. The molecule has 1 N–H and O–H groups in total. The summed E-state index contributed by atoms with van der Waals surface area (Å²) in [6.07, 6.45) is 0. The fourth-order valence-corrected chi connectivity index (χ4v) is 2.66. The largest absolute Gasteiger partial charge is 0.364 e. The molecular weight excluding hydrogens is 282 g/mol. The van der Waals surface area contributed by atoms with Gasteiger partial charge in [0, 0.05) is 27.2 Å². The number of nitrogens with one attached hydrogen (secondary N) is 1. The minimum atomic E-state index is -0.980. The molecule has 2 aromatic heterocycles. The maximum atomic E-state index is 12.3. The van der Waals surface area contributed by atoms with Gasteiger partial charge in [-0.25, -0.2) is 4.79 Å². The first-order valence-corrected chi connectivity index (χ1v) is 6.11. The summed E-state index contributed by atoms with van der Waals surface area (Å²) in [6, 6.07) is 0. The zero-order valence-corrected chi connectivity index (χ0v) is 11.2. The van der Waals surface area contributed by atoms with Crippen LogP contribution in [-0.2, 0) is 20.6 Å². The van der Waals surface area contributed by atoms with Crippen molar-refractivity contribution < 1.29 is 4.92 Å². The van der Waals surface area contributed by atoms with Crippen molar-refractivity contribution in [2.24, 2.45) is 14.1 Å². The third kappa shape index (κ3) is 1.49. The molecule has 0 saturated heterocycles. The molecule has 0 aromatic carbocycles. The van der Waals surface area contributed by atoms with Crippen LogP contribution < -0.4 is 22.0 Å². The summed E-state index contributed by atoms with van der Waals surface area (Å²) in [5, 5.41) is 13.6. The average molecular weight is 293 g/mol. The SMILES string of the molecule is Cn1c(=O)c2c(=O)c([N+](=O)[O-])c3n(c2n(C)c1=O)CCN3. The molecule has 1 aliphatic heterocycles. The molecule has 10 heteroatoms. The molecule has 21 heavy (non-hydrogen) atoms. The minimum absolute atomic E-state index is 0.0285. The number of rotatable bonds is 1. The van der Waals surface area contributed by atoms with Crippen LogP contribution in [-0.4, -0.2) is 25.2 Å². The van der Waals surface area contributed by atoms with Crippen molar-refractivity contribution in [1.29, 1.82) is 0 Å². The van der Waals surface area contributed by atoms with Gasteiger partial charge in [-0.1, -0.05) is 0 Å². The molecule has 0 unspecified atom stereocenters. The van der Waals surface area contributed by atoms with Crippen LogP contribution in [0.4, 0.5) is 11.5 Å². The molecule has 0 saturated carbocycles. The Balaban J connectivity index is 2.75. The van der Waals surface area contributed by atoms with Crippen LogP contribution in [0, 0.1) is 10.1 Å². The van der Waals surface area contributed by atoms with Crippen LogP contribution >= 0.6 is 0 Å². The first-order chi connectivity index (χ1) is 9.86. The number of aryl methyl sites for hydroxylation is 1. The summed E-state index contributed by atoms with van der Waals surface area (Å²) in [5.41, 5.74) is -2.98. The molecule has 110 valence electrons. The summed E-state index contributed by atoms with van der Waals surface area (Å²) in [7, 11) is 2.65. The molecule has 0 amide bonds. The van der Waals surface area contributed by atoms with Crippen molar-refractivity contribution in [3.63, 3.8) is 0 Å². The topological polar surface area (TPSA) is 121 Å². The van der Waals surface area contributed by atoms with Gasteiger partial charge in [0.2, 0.25) is 0 Å². The number of fused-ring (bicyclic) bond motifs is 3. The minimum Gasteiger partial charge on any atom is -0.364 e. The molecule has 3 heterocycles. The van der Waals surface area contributed by atoms with E-state index in [4.69, 9.17) is 0 Å². The molecule has 0 atom stereocenters. The van der Waals surface area contributed by atoms with E-state index in [0.29, 0.717) is 13.1 Å². The van der Waals surface area contributed by atoms with E-state index in [1.165, 1.54) is 18.7 Å². The Morgan fingerprint density at radius 2 is 1.86 bits per heavy atom. The van der Waals surface area contributed by atoms with Crippen molar-refractivity contribution in [3.05, 3.63) is 41.2 Å². The molecule has 0 bridgehead atoms. The van der Waals surface area contributed by atoms with Crippen LogP contribution in [0.1, 0.15) is 0 Å². The fraction of sp³-hybridized carbons (Fsp3) is 0.364. The van der Waals surface area contributed by atoms with Gasteiger partial charge in [0.1, 0.15) is 11.0 Å². The predicted octanol–water partition coefficient (Wildman–Crippen LogP) is -1.27.